The minimum absolute atomic E-state index is 0.462. The summed E-state index contributed by atoms with van der Waals surface area (Å²) in [5, 5.41) is 10.3. The van der Waals surface area contributed by atoms with Crippen molar-refractivity contribution < 1.29 is 0 Å². The van der Waals surface area contributed by atoms with Gasteiger partial charge in [0.05, 0.1) is 12.6 Å². The predicted molar refractivity (Wildman–Crippen MR) is 74.7 cm³/mol. The van der Waals surface area contributed by atoms with Crippen molar-refractivity contribution in [3.63, 3.8) is 0 Å². The summed E-state index contributed by atoms with van der Waals surface area (Å²) in [4.78, 5) is 2.22. The lowest BCUT2D eigenvalue weighted by molar-refractivity contribution is 0.214. The fourth-order valence-electron chi connectivity index (χ4n) is 2.54. The highest BCUT2D eigenvalue weighted by Gasteiger charge is 2.22. The Morgan fingerprint density at radius 1 is 1.28 bits per heavy atom. The number of rotatable bonds is 4. The van der Waals surface area contributed by atoms with E-state index in [0.717, 1.165) is 12.1 Å². The van der Waals surface area contributed by atoms with Crippen LogP contribution in [0.2, 0.25) is 10.0 Å². The zero-order valence-electron chi connectivity index (χ0n) is 10.2. The third kappa shape index (κ3) is 3.38. The molecule has 4 heteroatoms. The van der Waals surface area contributed by atoms with Crippen molar-refractivity contribution in [2.45, 2.75) is 38.3 Å². The number of nitrogens with zero attached hydrogens (tertiary/aromatic N) is 2. The van der Waals surface area contributed by atoms with Crippen LogP contribution in [0.25, 0.3) is 0 Å². The Morgan fingerprint density at radius 3 is 2.61 bits per heavy atom. The highest BCUT2D eigenvalue weighted by Crippen LogP contribution is 2.27. The number of benzene rings is 1. The Morgan fingerprint density at radius 2 is 2.00 bits per heavy atom. The predicted octanol–water partition coefficient (Wildman–Crippen LogP) is 4.26. The SMILES string of the molecule is N#CCN(Cc1ccc(Cl)cc1Cl)C1CCCC1. The molecule has 1 aromatic carbocycles. The van der Waals surface area contributed by atoms with Crippen LogP contribution in [0.3, 0.4) is 0 Å². The average molecular weight is 283 g/mol. The van der Waals surface area contributed by atoms with Crippen molar-refractivity contribution >= 4 is 23.2 Å². The van der Waals surface area contributed by atoms with E-state index in [2.05, 4.69) is 11.0 Å². The number of halogens is 2. The molecule has 0 bridgehead atoms. The maximum atomic E-state index is 8.94. The molecule has 0 aromatic heterocycles. The van der Waals surface area contributed by atoms with Crippen LogP contribution in [-0.2, 0) is 6.54 Å². The zero-order valence-corrected chi connectivity index (χ0v) is 11.7. The van der Waals surface area contributed by atoms with E-state index in [4.69, 9.17) is 28.5 Å². The summed E-state index contributed by atoms with van der Waals surface area (Å²) in [6, 6.07) is 8.34. The molecule has 2 rings (SSSR count). The van der Waals surface area contributed by atoms with Gasteiger partial charge in [-0.05, 0) is 30.5 Å². The summed E-state index contributed by atoms with van der Waals surface area (Å²) in [6.45, 7) is 1.19. The van der Waals surface area contributed by atoms with Gasteiger partial charge in [0.15, 0.2) is 0 Å². The first-order valence-corrected chi connectivity index (χ1v) is 7.01. The molecule has 96 valence electrons. The van der Waals surface area contributed by atoms with Crippen molar-refractivity contribution in [3.8, 4) is 6.07 Å². The van der Waals surface area contributed by atoms with Crippen molar-refractivity contribution in [1.29, 1.82) is 5.26 Å². The average Bonchev–Trinajstić information content (AvgIpc) is 2.85. The van der Waals surface area contributed by atoms with Gasteiger partial charge in [0.1, 0.15) is 0 Å². The second-order valence-corrected chi connectivity index (χ2v) is 5.58. The van der Waals surface area contributed by atoms with Gasteiger partial charge < -0.3 is 0 Å². The normalized spacial score (nSPS) is 16.1. The van der Waals surface area contributed by atoms with E-state index in [1.165, 1.54) is 25.7 Å². The molecule has 0 heterocycles. The lowest BCUT2D eigenvalue weighted by Crippen LogP contribution is -2.33. The van der Waals surface area contributed by atoms with Gasteiger partial charge in [0, 0.05) is 22.6 Å². The zero-order chi connectivity index (χ0) is 13.0. The van der Waals surface area contributed by atoms with Crippen LogP contribution in [0.1, 0.15) is 31.2 Å². The molecule has 1 aromatic rings. The number of nitriles is 1. The fourth-order valence-corrected chi connectivity index (χ4v) is 3.01. The Balaban J connectivity index is 2.10. The summed E-state index contributed by atoms with van der Waals surface area (Å²) >= 11 is 12.1. The van der Waals surface area contributed by atoms with E-state index < -0.39 is 0 Å². The van der Waals surface area contributed by atoms with Gasteiger partial charge >= 0.3 is 0 Å². The molecule has 0 aliphatic heterocycles. The van der Waals surface area contributed by atoms with Gasteiger partial charge in [0.2, 0.25) is 0 Å². The quantitative estimate of drug-likeness (QED) is 0.772. The summed E-state index contributed by atoms with van der Waals surface area (Å²) in [7, 11) is 0. The van der Waals surface area contributed by atoms with Crippen LogP contribution in [0.5, 0.6) is 0 Å². The lowest BCUT2D eigenvalue weighted by atomic mass is 10.1. The molecule has 0 N–H and O–H groups in total. The molecular weight excluding hydrogens is 267 g/mol. The van der Waals surface area contributed by atoms with Gasteiger partial charge in [0.25, 0.3) is 0 Å². The molecule has 0 radical (unpaired) electrons. The van der Waals surface area contributed by atoms with Crippen LogP contribution in [0.15, 0.2) is 18.2 Å². The van der Waals surface area contributed by atoms with Gasteiger partial charge in [-0.2, -0.15) is 5.26 Å². The summed E-state index contributed by atoms with van der Waals surface area (Å²) in [5.74, 6) is 0. The molecule has 2 nitrogen and oxygen atoms in total. The van der Waals surface area contributed by atoms with E-state index >= 15 is 0 Å². The first kappa shape index (κ1) is 13.7. The van der Waals surface area contributed by atoms with E-state index in [1.807, 2.05) is 12.1 Å². The molecule has 1 saturated carbocycles. The van der Waals surface area contributed by atoms with Crippen LogP contribution in [0, 0.1) is 11.3 Å². The van der Waals surface area contributed by atoms with E-state index in [0.29, 0.717) is 22.6 Å². The van der Waals surface area contributed by atoms with Crippen LogP contribution >= 0.6 is 23.2 Å². The minimum atomic E-state index is 0.462. The number of hydrogen-bond acceptors (Lipinski definition) is 2. The van der Waals surface area contributed by atoms with E-state index in [9.17, 15) is 0 Å². The van der Waals surface area contributed by atoms with Crippen molar-refractivity contribution in [2.24, 2.45) is 0 Å². The maximum absolute atomic E-state index is 8.94. The molecule has 18 heavy (non-hydrogen) atoms. The number of hydrogen-bond donors (Lipinski definition) is 0. The second kappa shape index (κ2) is 6.43. The van der Waals surface area contributed by atoms with Crippen molar-refractivity contribution in [1.82, 2.24) is 4.90 Å². The largest absolute Gasteiger partial charge is 0.283 e. The van der Waals surface area contributed by atoms with Gasteiger partial charge in [-0.15, -0.1) is 0 Å². The van der Waals surface area contributed by atoms with Crippen molar-refractivity contribution in [3.05, 3.63) is 33.8 Å². The first-order valence-electron chi connectivity index (χ1n) is 6.25. The summed E-state index contributed by atoms with van der Waals surface area (Å²) < 4.78 is 0. The van der Waals surface area contributed by atoms with Crippen molar-refractivity contribution in [2.75, 3.05) is 6.54 Å². The van der Waals surface area contributed by atoms with Gasteiger partial charge in [-0.3, -0.25) is 4.90 Å². The molecule has 0 atom stereocenters. The topological polar surface area (TPSA) is 27.0 Å². The molecule has 0 spiro atoms. The van der Waals surface area contributed by atoms with Crippen LogP contribution < -0.4 is 0 Å². The first-order chi connectivity index (χ1) is 8.70. The second-order valence-electron chi connectivity index (χ2n) is 4.74. The molecule has 1 aliphatic rings. The van der Waals surface area contributed by atoms with E-state index in [1.54, 1.807) is 6.07 Å². The van der Waals surface area contributed by atoms with E-state index in [-0.39, 0.29) is 0 Å². The third-order valence-corrected chi connectivity index (χ3v) is 4.09. The Hall–Kier alpha value is -0.750. The van der Waals surface area contributed by atoms with Gasteiger partial charge in [-0.25, -0.2) is 0 Å². The third-order valence-electron chi connectivity index (χ3n) is 3.50. The Labute approximate surface area is 118 Å². The summed E-state index contributed by atoms with van der Waals surface area (Å²) in [6.07, 6.45) is 4.90. The monoisotopic (exact) mass is 282 g/mol. The molecule has 0 amide bonds. The molecule has 0 unspecified atom stereocenters. The molecule has 1 aliphatic carbocycles. The molecule has 1 fully saturated rings. The highest BCUT2D eigenvalue weighted by molar-refractivity contribution is 6.35. The standard InChI is InChI=1S/C14H16Cl2N2/c15-12-6-5-11(14(16)9-12)10-18(8-7-17)13-3-1-2-4-13/h5-6,9,13H,1-4,8,10H2. The van der Waals surface area contributed by atoms with Gasteiger partial charge in [-0.1, -0.05) is 42.1 Å². The summed E-state index contributed by atoms with van der Waals surface area (Å²) in [5.41, 5.74) is 1.04. The Kier molecular flexibility index (Phi) is 4.88. The highest BCUT2D eigenvalue weighted by atomic mass is 35.5. The lowest BCUT2D eigenvalue weighted by Gasteiger charge is -2.26. The smallest absolute Gasteiger partial charge is 0.0871 e. The fraction of sp³-hybridized carbons (Fsp3) is 0.500. The molecular formula is C14H16Cl2N2. The van der Waals surface area contributed by atoms with Crippen LogP contribution in [-0.4, -0.2) is 17.5 Å². The molecule has 0 saturated heterocycles. The maximum Gasteiger partial charge on any atom is 0.0871 e. The Bertz CT molecular complexity index is 448. The minimum Gasteiger partial charge on any atom is -0.283 e. The van der Waals surface area contributed by atoms with Crippen LogP contribution in [0.4, 0.5) is 0 Å².